The fourth-order valence-corrected chi connectivity index (χ4v) is 4.50. The van der Waals surface area contributed by atoms with Crippen LogP contribution in [-0.4, -0.2) is 0 Å². The Hall–Kier alpha value is -3.26. The number of benzene rings is 2. The summed E-state index contributed by atoms with van der Waals surface area (Å²) >= 11 is 0. The van der Waals surface area contributed by atoms with Crippen molar-refractivity contribution < 1.29 is 9.47 Å². The van der Waals surface area contributed by atoms with Gasteiger partial charge in [-0.2, -0.15) is 0 Å². The first-order chi connectivity index (χ1) is 14.9. The normalized spacial score (nSPS) is 22.0. The van der Waals surface area contributed by atoms with Crippen molar-refractivity contribution in [3.8, 4) is 0 Å². The van der Waals surface area contributed by atoms with Gasteiger partial charge in [0.05, 0.1) is 0 Å². The van der Waals surface area contributed by atoms with E-state index in [9.17, 15) is 0 Å². The van der Waals surface area contributed by atoms with E-state index >= 15 is 0 Å². The summed E-state index contributed by atoms with van der Waals surface area (Å²) in [4.78, 5) is 0. The predicted octanol–water partition coefficient (Wildman–Crippen LogP) is 6.65. The molecule has 150 valence electrons. The molecule has 2 heteroatoms. The highest BCUT2D eigenvalue weighted by Gasteiger charge is 2.38. The fraction of sp³-hybridized carbons (Fsp3) is 0.214. The van der Waals surface area contributed by atoms with Gasteiger partial charge in [0, 0.05) is 23.0 Å². The topological polar surface area (TPSA) is 18.5 Å². The summed E-state index contributed by atoms with van der Waals surface area (Å²) in [5.74, 6) is 2.59. The van der Waals surface area contributed by atoms with Gasteiger partial charge in [-0.15, -0.1) is 0 Å². The molecular weight excluding hydrogens is 368 g/mol. The van der Waals surface area contributed by atoms with Crippen molar-refractivity contribution in [2.75, 3.05) is 0 Å². The molecule has 2 aromatic rings. The van der Waals surface area contributed by atoms with Crippen LogP contribution in [0.2, 0.25) is 0 Å². The van der Waals surface area contributed by atoms with Crippen LogP contribution in [0.15, 0.2) is 120 Å². The minimum atomic E-state index is 0.190. The van der Waals surface area contributed by atoms with E-state index in [-0.39, 0.29) is 11.8 Å². The van der Waals surface area contributed by atoms with Crippen molar-refractivity contribution in [1.29, 1.82) is 0 Å². The summed E-state index contributed by atoms with van der Waals surface area (Å²) in [6.07, 6.45) is 15.1. The lowest BCUT2D eigenvalue weighted by molar-refractivity contribution is 0.122. The van der Waals surface area contributed by atoms with Gasteiger partial charge in [0.15, 0.2) is 0 Å². The maximum absolute atomic E-state index is 6.49. The van der Waals surface area contributed by atoms with Crippen LogP contribution in [0.5, 0.6) is 0 Å². The van der Waals surface area contributed by atoms with E-state index in [1.165, 1.54) is 22.3 Å². The molecular formula is C28H26O2. The van der Waals surface area contributed by atoms with Crippen molar-refractivity contribution in [1.82, 2.24) is 0 Å². The highest BCUT2D eigenvalue weighted by Crippen LogP contribution is 2.46. The van der Waals surface area contributed by atoms with E-state index in [0.29, 0.717) is 13.2 Å². The van der Waals surface area contributed by atoms with Crippen LogP contribution >= 0.6 is 0 Å². The van der Waals surface area contributed by atoms with Gasteiger partial charge in [-0.05, 0) is 24.0 Å². The molecule has 0 fully saturated rings. The molecule has 5 rings (SSSR count). The Labute approximate surface area is 178 Å². The third kappa shape index (κ3) is 3.78. The first kappa shape index (κ1) is 18.7. The molecule has 0 saturated carbocycles. The Morgan fingerprint density at radius 3 is 1.47 bits per heavy atom. The van der Waals surface area contributed by atoms with Gasteiger partial charge in [0.2, 0.25) is 0 Å². The Balaban J connectivity index is 1.48. The first-order valence-electron chi connectivity index (χ1n) is 10.7. The molecule has 0 N–H and O–H groups in total. The molecule has 2 unspecified atom stereocenters. The van der Waals surface area contributed by atoms with E-state index in [2.05, 4.69) is 85.0 Å². The average Bonchev–Trinajstić information content (AvgIpc) is 2.82. The van der Waals surface area contributed by atoms with Crippen molar-refractivity contribution in [2.24, 2.45) is 11.8 Å². The smallest absolute Gasteiger partial charge is 0.113 e. The molecule has 0 bridgehead atoms. The molecule has 0 heterocycles. The molecule has 3 aliphatic rings. The summed E-state index contributed by atoms with van der Waals surface area (Å²) in [6, 6.07) is 20.8. The van der Waals surface area contributed by atoms with E-state index < -0.39 is 0 Å². The molecule has 2 nitrogen and oxygen atoms in total. The van der Waals surface area contributed by atoms with Crippen LogP contribution < -0.4 is 0 Å². The molecule has 0 saturated heterocycles. The largest absolute Gasteiger partial charge is 0.492 e. The third-order valence-corrected chi connectivity index (χ3v) is 5.98. The van der Waals surface area contributed by atoms with Gasteiger partial charge in [-0.25, -0.2) is 0 Å². The van der Waals surface area contributed by atoms with Gasteiger partial charge < -0.3 is 9.47 Å². The second kappa shape index (κ2) is 8.62. The quantitative estimate of drug-likeness (QED) is 0.511. The van der Waals surface area contributed by atoms with E-state index in [4.69, 9.17) is 9.47 Å². The molecule has 0 aliphatic heterocycles. The number of fused-ring (bicyclic) bond motifs is 2. The van der Waals surface area contributed by atoms with Gasteiger partial charge in [0.1, 0.15) is 24.7 Å². The zero-order valence-corrected chi connectivity index (χ0v) is 17.0. The average molecular weight is 395 g/mol. The van der Waals surface area contributed by atoms with Crippen LogP contribution in [0.25, 0.3) is 0 Å². The van der Waals surface area contributed by atoms with Gasteiger partial charge >= 0.3 is 0 Å². The summed E-state index contributed by atoms with van der Waals surface area (Å²) in [5.41, 5.74) is 5.00. The SMILES string of the molecule is C1=CC2C(OCc3ccccc3)=C3CC=CCC3=C(OCc3ccccc3)C2C=C1. The first-order valence-corrected chi connectivity index (χ1v) is 10.7. The lowest BCUT2D eigenvalue weighted by Gasteiger charge is -2.37. The lowest BCUT2D eigenvalue weighted by atomic mass is 9.74. The van der Waals surface area contributed by atoms with Gasteiger partial charge in [-0.1, -0.05) is 97.1 Å². The zero-order chi connectivity index (χ0) is 20.2. The van der Waals surface area contributed by atoms with Crippen LogP contribution in [0.3, 0.4) is 0 Å². The summed E-state index contributed by atoms with van der Waals surface area (Å²) < 4.78 is 13.0. The second-order valence-corrected chi connectivity index (χ2v) is 7.94. The molecule has 3 aliphatic carbocycles. The Morgan fingerprint density at radius 2 is 1.03 bits per heavy atom. The van der Waals surface area contributed by atoms with Gasteiger partial charge in [-0.3, -0.25) is 0 Å². The molecule has 0 spiro atoms. The van der Waals surface area contributed by atoms with Crippen LogP contribution in [0, 0.1) is 11.8 Å². The maximum Gasteiger partial charge on any atom is 0.113 e. The molecule has 30 heavy (non-hydrogen) atoms. The van der Waals surface area contributed by atoms with Crippen molar-refractivity contribution in [2.45, 2.75) is 26.1 Å². The van der Waals surface area contributed by atoms with Crippen LogP contribution in [-0.2, 0) is 22.7 Å². The Morgan fingerprint density at radius 1 is 0.600 bits per heavy atom. The zero-order valence-electron chi connectivity index (χ0n) is 17.0. The summed E-state index contributed by atoms with van der Waals surface area (Å²) in [7, 11) is 0. The number of hydrogen-bond acceptors (Lipinski definition) is 2. The monoisotopic (exact) mass is 394 g/mol. The van der Waals surface area contributed by atoms with Crippen molar-refractivity contribution in [3.63, 3.8) is 0 Å². The number of ether oxygens (including phenoxy) is 2. The number of rotatable bonds is 6. The van der Waals surface area contributed by atoms with Crippen molar-refractivity contribution >= 4 is 0 Å². The second-order valence-electron chi connectivity index (χ2n) is 7.94. The van der Waals surface area contributed by atoms with E-state index in [1.807, 2.05) is 12.1 Å². The van der Waals surface area contributed by atoms with E-state index in [0.717, 1.165) is 24.4 Å². The van der Waals surface area contributed by atoms with E-state index in [1.54, 1.807) is 0 Å². The van der Waals surface area contributed by atoms with Crippen molar-refractivity contribution in [3.05, 3.63) is 131 Å². The number of allylic oxidation sites excluding steroid dienone is 8. The molecule has 0 radical (unpaired) electrons. The minimum Gasteiger partial charge on any atom is -0.492 e. The van der Waals surface area contributed by atoms with Crippen LogP contribution in [0.4, 0.5) is 0 Å². The molecule has 0 aromatic heterocycles. The van der Waals surface area contributed by atoms with Crippen LogP contribution in [0.1, 0.15) is 24.0 Å². The summed E-state index contributed by atoms with van der Waals surface area (Å²) in [6.45, 7) is 1.19. The highest BCUT2D eigenvalue weighted by molar-refractivity contribution is 5.49. The van der Waals surface area contributed by atoms with Gasteiger partial charge in [0.25, 0.3) is 0 Å². The Bertz CT molecular complexity index is 953. The summed E-state index contributed by atoms with van der Waals surface area (Å²) in [5, 5.41) is 0. The predicted molar refractivity (Wildman–Crippen MR) is 120 cm³/mol. The molecule has 2 aromatic carbocycles. The molecule has 2 atom stereocenters. The minimum absolute atomic E-state index is 0.190. The molecule has 0 amide bonds. The highest BCUT2D eigenvalue weighted by atomic mass is 16.5. The standard InChI is InChI=1S/C28H26O2/c1-3-11-21(12-4-1)19-29-27-23-15-7-9-17-25(23)28(26-18-10-8-16-24(26)27)30-20-22-13-5-2-6-14-22/h1-15,17,23,25H,16,18-20H2. The fourth-order valence-electron chi connectivity index (χ4n) is 4.50. The third-order valence-electron chi connectivity index (χ3n) is 5.98. The number of hydrogen-bond donors (Lipinski definition) is 0. The lowest BCUT2D eigenvalue weighted by Crippen LogP contribution is -2.28. The Kier molecular flexibility index (Phi) is 5.39. The maximum atomic E-state index is 6.49.